The Morgan fingerprint density at radius 2 is 0.470 bits per heavy atom. The van der Waals surface area contributed by atoms with Crippen LogP contribution >= 0.6 is 0 Å². The molecule has 0 radical (unpaired) electrons. The first-order valence-electron chi connectivity index (χ1n) is 45.4. The Hall–Kier alpha value is -17.3. The van der Waals surface area contributed by atoms with Gasteiger partial charge in [0.1, 0.15) is 0 Å². The number of pyridine rings is 5. The van der Waals surface area contributed by atoms with Crippen LogP contribution in [0.3, 0.4) is 0 Å². The Labute approximate surface area is 754 Å². The van der Waals surface area contributed by atoms with E-state index < -0.39 is 16.2 Å². The van der Waals surface area contributed by atoms with Crippen LogP contribution < -0.4 is 16.7 Å². The van der Waals surface area contributed by atoms with Gasteiger partial charge in [-0.05, 0) is 186 Å². The minimum Gasteiger partial charge on any atom is -0.274 e. The van der Waals surface area contributed by atoms with Crippen molar-refractivity contribution in [2.45, 2.75) is 16.2 Å². The van der Waals surface area contributed by atoms with E-state index in [0.29, 0.717) is 5.39 Å². The molecule has 0 saturated carbocycles. The van der Waals surface area contributed by atoms with Crippen LogP contribution in [0.25, 0.3) is 203 Å². The zero-order valence-corrected chi connectivity index (χ0v) is 70.8. The van der Waals surface area contributed by atoms with Gasteiger partial charge < -0.3 is 0 Å². The summed E-state index contributed by atoms with van der Waals surface area (Å²) in [5.41, 5.74) is 39.1. The molecule has 0 bridgehead atoms. The minimum absolute atomic E-state index is 0.00940. The number of benzene rings is 18. The van der Waals surface area contributed by atoms with Crippen LogP contribution in [0.2, 0.25) is 0 Å². The van der Waals surface area contributed by atoms with Crippen molar-refractivity contribution in [3.8, 4) is 89.0 Å². The predicted molar refractivity (Wildman–Crippen MR) is 537 cm³/mol. The van der Waals surface area contributed by atoms with E-state index in [2.05, 4.69) is 360 Å². The van der Waals surface area contributed by atoms with E-state index in [1.165, 1.54) is 128 Å². The van der Waals surface area contributed by atoms with Crippen molar-refractivity contribution in [1.29, 1.82) is 0 Å². The third kappa shape index (κ3) is 8.58. The lowest BCUT2D eigenvalue weighted by Crippen LogP contribution is -2.26. The summed E-state index contributed by atoms with van der Waals surface area (Å²) in [6.07, 6.45) is 7.36. The van der Waals surface area contributed by atoms with Crippen molar-refractivity contribution in [3.05, 3.63) is 517 Å². The molecule has 26 aromatic rings. The Morgan fingerprint density at radius 1 is 0.174 bits per heavy atom. The number of hydrogen-bond acceptors (Lipinski definition) is 5. The van der Waals surface area contributed by atoms with Gasteiger partial charge in [-0.1, -0.05) is 358 Å². The highest BCUT2D eigenvalue weighted by Crippen LogP contribution is 2.69. The van der Waals surface area contributed by atoms with Gasteiger partial charge in [0.2, 0.25) is 0 Å². The molecule has 8 nitrogen and oxygen atoms in total. The van der Waals surface area contributed by atoms with E-state index in [1.807, 2.05) is 75.9 Å². The van der Waals surface area contributed by atoms with Crippen molar-refractivity contribution < 1.29 is 0 Å². The molecule has 132 heavy (non-hydrogen) atoms. The molecule has 0 aliphatic heterocycles. The van der Waals surface area contributed by atoms with Gasteiger partial charge in [0.05, 0.1) is 54.7 Å². The zero-order chi connectivity index (χ0) is 86.5. The highest BCUT2D eigenvalue weighted by atomic mass is 16.1. The van der Waals surface area contributed by atoms with E-state index in [4.69, 9.17) is 0 Å². The van der Waals surface area contributed by atoms with Gasteiger partial charge in [-0.3, -0.25) is 37.6 Å². The molecule has 608 valence electrons. The Morgan fingerprint density at radius 3 is 0.939 bits per heavy atom. The maximum atomic E-state index is 15.1. The van der Waals surface area contributed by atoms with E-state index in [-0.39, 0.29) is 16.7 Å². The summed E-state index contributed by atoms with van der Waals surface area (Å²) in [5.74, 6) is 0. The highest BCUT2D eigenvalue weighted by Gasteiger charge is 2.57. The second-order valence-electron chi connectivity index (χ2n) is 36.4. The number of hydrogen-bond donors (Lipinski definition) is 0. The molecular formula is C124H69N5O3. The van der Waals surface area contributed by atoms with Crippen LogP contribution in [-0.2, 0) is 16.2 Å². The summed E-state index contributed by atoms with van der Waals surface area (Å²) in [6, 6.07) is 142. The molecule has 8 heteroatoms. The topological polar surface area (TPSA) is 90.2 Å². The zero-order valence-electron chi connectivity index (χ0n) is 70.8. The van der Waals surface area contributed by atoms with Crippen LogP contribution in [0.1, 0.15) is 66.8 Å². The molecule has 0 unspecified atom stereocenters. The molecule has 18 aromatic carbocycles. The monoisotopic (exact) mass is 1680 g/mol. The number of rotatable bonds is 2. The van der Waals surface area contributed by atoms with Gasteiger partial charge in [-0.15, -0.1) is 0 Å². The summed E-state index contributed by atoms with van der Waals surface area (Å²) >= 11 is 0. The van der Waals surface area contributed by atoms with Crippen LogP contribution in [-0.4, -0.2) is 23.2 Å². The first-order valence-corrected chi connectivity index (χ1v) is 45.4. The van der Waals surface area contributed by atoms with Crippen LogP contribution in [0.15, 0.2) is 433 Å². The van der Waals surface area contributed by atoms with Crippen molar-refractivity contribution >= 4 is 114 Å². The smallest absolute Gasteiger partial charge is 0.263 e. The molecule has 32 rings (SSSR count). The largest absolute Gasteiger partial charge is 0.274 e. The fraction of sp³-hybridized carbons (Fsp3) is 0.0242. The average molecular weight is 1680 g/mol. The van der Waals surface area contributed by atoms with Crippen LogP contribution in [0.4, 0.5) is 0 Å². The highest BCUT2D eigenvalue weighted by molar-refractivity contribution is 6.28. The van der Waals surface area contributed by atoms with Crippen LogP contribution in [0.5, 0.6) is 0 Å². The maximum absolute atomic E-state index is 15.1. The molecule has 8 aromatic heterocycles. The molecule has 0 fully saturated rings. The molecule has 0 saturated heterocycles. The molecule has 0 atom stereocenters. The summed E-state index contributed by atoms with van der Waals surface area (Å²) in [6.45, 7) is 0. The molecule has 6 aliphatic carbocycles. The second-order valence-corrected chi connectivity index (χ2v) is 36.4. The van der Waals surface area contributed by atoms with Crippen molar-refractivity contribution in [2.24, 2.45) is 0 Å². The normalized spacial score (nSPS) is 14.0. The van der Waals surface area contributed by atoms with Gasteiger partial charge in [-0.2, -0.15) is 0 Å². The summed E-state index contributed by atoms with van der Waals surface area (Å²) < 4.78 is 6.03. The van der Waals surface area contributed by atoms with Gasteiger partial charge in [0, 0.05) is 106 Å². The summed E-state index contributed by atoms with van der Waals surface area (Å²) in [7, 11) is 0. The number of aromatic nitrogens is 5. The quantitative estimate of drug-likeness (QED) is 0.161. The predicted octanol–water partition coefficient (Wildman–Crippen LogP) is 27.7. The lowest BCUT2D eigenvalue weighted by molar-refractivity contribution is 0.794. The first-order chi connectivity index (χ1) is 65.3. The lowest BCUT2D eigenvalue weighted by atomic mass is 9.68. The molecule has 0 amide bonds. The molecule has 0 N–H and O–H groups in total. The Kier molecular flexibility index (Phi) is 14.0. The second kappa shape index (κ2) is 25.8. The van der Waals surface area contributed by atoms with E-state index in [9.17, 15) is 9.59 Å². The van der Waals surface area contributed by atoms with Crippen molar-refractivity contribution in [2.75, 3.05) is 0 Å². The summed E-state index contributed by atoms with van der Waals surface area (Å²) in [4.78, 5) is 52.7. The maximum Gasteiger partial charge on any atom is 0.263 e. The standard InChI is InChI=1S/C50H29NO.2C37H20N2O/c52-49-36-22-8-7-19-33(36)39-27-32(30-15-3-1-4-16-30)28-40-41-29-38(31-17-5-2-6-18-31)46-45(48(41)51(49)47(39)40)37-23-11-14-26-44(37)50(46)42-24-12-9-20-34(42)35-21-10-13-25-43(35)50;40-36-26-18-19-38-20-28(26)24-12-7-11-23-25-16-17-32-33(35(25)39(36)34(23)24)27-10-3-6-15-31(27)37(32)29-13-4-1-8-21(29)22-9-2-5-14-30(22)37;40-36-25-12-2-1-9-21(25)27-19-38-20-28-24-17-18-32-33(35(24)39(36)34(27)28)26-13-5-8-16-31(26)37(32)29-14-6-3-10-22(29)23-11-4-7-15-30(23)37/h1-29H;2*1-20H. The lowest BCUT2D eigenvalue weighted by Gasteiger charge is -2.32. The van der Waals surface area contributed by atoms with Gasteiger partial charge in [0.15, 0.2) is 0 Å². The SMILES string of the molecule is O=c1c2ccccc2c2cc(-c3ccccc3)cc3c4cc(-c5ccccc5)c5c(c4n1c23)-c1ccccc1C51c2ccccc2-c2ccccc21.O=c1c2ccccc2c2cncc3c4ccc5c(c4n1c23)-c1ccccc1C51c2ccccc2-c2ccccc21.O=c1c2ccncc2c2cccc3c4ccc5c(c4n1c23)-c1ccccc1C51c2ccccc2-c2ccccc21. The Bertz CT molecular complexity index is 9430. The number of nitrogens with zero attached hydrogens (tertiary/aromatic N) is 5. The van der Waals surface area contributed by atoms with Crippen molar-refractivity contribution in [1.82, 2.24) is 23.2 Å². The van der Waals surface area contributed by atoms with Gasteiger partial charge in [0.25, 0.3) is 16.7 Å². The van der Waals surface area contributed by atoms with Crippen LogP contribution in [0, 0.1) is 0 Å². The van der Waals surface area contributed by atoms with E-state index in [0.717, 1.165) is 136 Å². The van der Waals surface area contributed by atoms with Gasteiger partial charge >= 0.3 is 0 Å². The number of para-hydroxylation sites is 1. The molecular weight excluding hydrogens is 1610 g/mol. The molecule has 8 heterocycles. The summed E-state index contributed by atoms with van der Waals surface area (Å²) in [5, 5.41) is 14.6. The minimum atomic E-state index is -0.567. The third-order valence-electron chi connectivity index (χ3n) is 30.8. The van der Waals surface area contributed by atoms with Gasteiger partial charge in [-0.25, -0.2) is 0 Å². The number of fused-ring (bicyclic) bond motifs is 48. The third-order valence-corrected chi connectivity index (χ3v) is 30.8. The van der Waals surface area contributed by atoms with Crippen molar-refractivity contribution in [3.63, 3.8) is 0 Å². The van der Waals surface area contributed by atoms with E-state index in [1.54, 1.807) is 6.20 Å². The molecule has 6 aliphatic rings. The van der Waals surface area contributed by atoms with E-state index >= 15 is 4.79 Å². The Balaban J connectivity index is 0.0000000962. The molecule has 3 spiro atoms. The average Bonchev–Trinajstić information content (AvgIpc) is 1.50. The first kappa shape index (κ1) is 71.8. The fourth-order valence-electron chi connectivity index (χ4n) is 26.1. The fourth-order valence-corrected chi connectivity index (χ4v) is 26.1.